The summed E-state index contributed by atoms with van der Waals surface area (Å²) in [5, 5.41) is 11.1. The maximum Gasteiger partial charge on any atom is 0.271 e. The number of carbonyl (C=O) groups is 1. The molecule has 0 saturated carbocycles. The first-order chi connectivity index (χ1) is 10.1. The molecule has 0 radical (unpaired) electrons. The van der Waals surface area contributed by atoms with Crippen LogP contribution in [0.3, 0.4) is 0 Å². The zero-order valence-corrected chi connectivity index (χ0v) is 12.2. The Hall–Kier alpha value is -1.70. The molecule has 0 atom stereocenters. The van der Waals surface area contributed by atoms with Gasteiger partial charge in [0.05, 0.1) is 28.8 Å². The number of anilines is 1. The number of benzene rings is 1. The number of nitro groups is 1. The van der Waals surface area contributed by atoms with Crippen LogP contribution >= 0.6 is 11.6 Å². The molecule has 2 rings (SSSR count). The zero-order chi connectivity index (χ0) is 15.2. The van der Waals surface area contributed by atoms with E-state index in [9.17, 15) is 14.9 Å². The number of carbonyl (C=O) groups excluding carboxylic acids is 1. The first-order valence-corrected chi connectivity index (χ1v) is 6.95. The van der Waals surface area contributed by atoms with Gasteiger partial charge in [-0.25, -0.2) is 0 Å². The van der Waals surface area contributed by atoms with Crippen molar-refractivity contribution in [2.45, 2.75) is 0 Å². The highest BCUT2D eigenvalue weighted by atomic mass is 35.5. The molecule has 1 heterocycles. The van der Waals surface area contributed by atoms with Crippen LogP contribution in [-0.2, 0) is 9.53 Å². The highest BCUT2D eigenvalue weighted by Crippen LogP contribution is 2.29. The van der Waals surface area contributed by atoms with Gasteiger partial charge in [-0.3, -0.25) is 19.8 Å². The Morgan fingerprint density at radius 3 is 2.76 bits per heavy atom. The molecule has 1 amide bonds. The Morgan fingerprint density at radius 2 is 2.14 bits per heavy atom. The predicted octanol–water partition coefficient (Wildman–Crippen LogP) is 1.54. The molecular weight excluding hydrogens is 298 g/mol. The van der Waals surface area contributed by atoms with Crippen molar-refractivity contribution in [3.63, 3.8) is 0 Å². The number of ether oxygens (including phenoxy) is 1. The summed E-state index contributed by atoms with van der Waals surface area (Å²) < 4.78 is 5.26. The summed E-state index contributed by atoms with van der Waals surface area (Å²) in [6.07, 6.45) is 0.644. The quantitative estimate of drug-likeness (QED) is 0.452. The summed E-state index contributed by atoms with van der Waals surface area (Å²) in [6, 6.07) is 4.06. The zero-order valence-electron chi connectivity index (χ0n) is 11.4. The minimum Gasteiger partial charge on any atom is -0.379 e. The highest BCUT2D eigenvalue weighted by Gasteiger charge is 2.17. The second kappa shape index (κ2) is 7.35. The first kappa shape index (κ1) is 15.7. The van der Waals surface area contributed by atoms with Crippen LogP contribution in [0.4, 0.5) is 11.4 Å². The van der Waals surface area contributed by atoms with E-state index in [1.54, 1.807) is 0 Å². The van der Waals surface area contributed by atoms with E-state index in [1.807, 2.05) is 0 Å². The number of non-ortho nitro benzene ring substituents is 1. The third-order valence-electron chi connectivity index (χ3n) is 3.34. The fourth-order valence-electron chi connectivity index (χ4n) is 2.14. The molecule has 21 heavy (non-hydrogen) atoms. The van der Waals surface area contributed by atoms with Gasteiger partial charge in [-0.2, -0.15) is 0 Å². The molecule has 0 aliphatic carbocycles. The minimum absolute atomic E-state index is 0.0902. The topological polar surface area (TPSA) is 75.9 Å². The van der Waals surface area contributed by atoms with E-state index < -0.39 is 4.92 Å². The van der Waals surface area contributed by atoms with Crippen molar-refractivity contribution in [3.8, 4) is 0 Å². The summed E-state index contributed by atoms with van der Waals surface area (Å²) >= 11 is 6.04. The number of hydrogen-bond donors (Lipinski definition) is 0. The van der Waals surface area contributed by atoms with Gasteiger partial charge in [0.2, 0.25) is 6.41 Å². The smallest absolute Gasteiger partial charge is 0.271 e. The van der Waals surface area contributed by atoms with Gasteiger partial charge in [0.1, 0.15) is 0 Å². The lowest BCUT2D eigenvalue weighted by Crippen LogP contribution is -2.41. The lowest BCUT2D eigenvalue weighted by atomic mass is 10.2. The molecule has 1 aromatic rings. The fraction of sp³-hybridized carbons (Fsp3) is 0.462. The standard InChI is InChI=1S/C13H16ClN3O4/c14-12-2-1-11(17(19)20)9-13(12)16(10-18)4-3-15-5-7-21-8-6-15/h1-2,9-10H,3-8H2. The Morgan fingerprint density at radius 1 is 1.43 bits per heavy atom. The molecule has 1 aliphatic rings. The maximum atomic E-state index is 11.3. The first-order valence-electron chi connectivity index (χ1n) is 6.58. The molecule has 1 saturated heterocycles. The van der Waals surface area contributed by atoms with E-state index in [0.29, 0.717) is 43.4 Å². The van der Waals surface area contributed by atoms with Crippen molar-refractivity contribution < 1.29 is 14.5 Å². The van der Waals surface area contributed by atoms with Gasteiger partial charge in [-0.05, 0) is 6.07 Å². The molecule has 8 heteroatoms. The predicted molar refractivity (Wildman–Crippen MR) is 78.8 cm³/mol. The van der Waals surface area contributed by atoms with E-state index in [1.165, 1.54) is 23.1 Å². The minimum atomic E-state index is -0.509. The van der Waals surface area contributed by atoms with Gasteiger partial charge in [0.25, 0.3) is 5.69 Å². The monoisotopic (exact) mass is 313 g/mol. The molecule has 1 aromatic carbocycles. The number of nitro benzene ring substituents is 1. The van der Waals surface area contributed by atoms with E-state index in [0.717, 1.165) is 13.1 Å². The largest absolute Gasteiger partial charge is 0.379 e. The number of hydrogen-bond acceptors (Lipinski definition) is 5. The van der Waals surface area contributed by atoms with Crippen LogP contribution in [0.2, 0.25) is 5.02 Å². The van der Waals surface area contributed by atoms with Crippen molar-refractivity contribution in [3.05, 3.63) is 33.3 Å². The number of morpholine rings is 1. The van der Waals surface area contributed by atoms with E-state index in [-0.39, 0.29) is 5.69 Å². The van der Waals surface area contributed by atoms with Gasteiger partial charge in [0.15, 0.2) is 0 Å². The van der Waals surface area contributed by atoms with Crippen molar-refractivity contribution >= 4 is 29.4 Å². The van der Waals surface area contributed by atoms with Gasteiger partial charge in [0, 0.05) is 38.3 Å². The molecule has 0 N–H and O–H groups in total. The van der Waals surface area contributed by atoms with Gasteiger partial charge >= 0.3 is 0 Å². The average Bonchev–Trinajstić information content (AvgIpc) is 2.50. The Kier molecular flexibility index (Phi) is 5.49. The molecule has 1 aliphatic heterocycles. The summed E-state index contributed by atoms with van der Waals surface area (Å²) in [7, 11) is 0. The molecule has 0 aromatic heterocycles. The van der Waals surface area contributed by atoms with Crippen LogP contribution in [0.1, 0.15) is 0 Å². The molecule has 0 unspecified atom stereocenters. The summed E-state index contributed by atoms with van der Waals surface area (Å²) in [4.78, 5) is 25.1. The lowest BCUT2D eigenvalue weighted by molar-refractivity contribution is -0.384. The maximum absolute atomic E-state index is 11.3. The Labute approximate surface area is 127 Å². The van der Waals surface area contributed by atoms with E-state index >= 15 is 0 Å². The van der Waals surface area contributed by atoms with Crippen molar-refractivity contribution in [1.29, 1.82) is 0 Å². The molecular formula is C13H16ClN3O4. The summed E-state index contributed by atoms with van der Waals surface area (Å²) in [5.41, 5.74) is 0.266. The van der Waals surface area contributed by atoms with Crippen LogP contribution < -0.4 is 4.90 Å². The summed E-state index contributed by atoms with van der Waals surface area (Å²) in [5.74, 6) is 0. The van der Waals surface area contributed by atoms with E-state index in [4.69, 9.17) is 16.3 Å². The Balaban J connectivity index is 2.07. The third kappa shape index (κ3) is 4.13. The molecule has 1 fully saturated rings. The van der Waals surface area contributed by atoms with Crippen molar-refractivity contribution in [2.75, 3.05) is 44.3 Å². The fourth-order valence-corrected chi connectivity index (χ4v) is 2.36. The molecule has 7 nitrogen and oxygen atoms in total. The Bertz CT molecular complexity index is 520. The van der Waals surface area contributed by atoms with Gasteiger partial charge in [-0.1, -0.05) is 11.6 Å². The van der Waals surface area contributed by atoms with Crippen LogP contribution in [0.5, 0.6) is 0 Å². The second-order valence-corrected chi connectivity index (χ2v) is 5.05. The van der Waals surface area contributed by atoms with Crippen LogP contribution in [0.25, 0.3) is 0 Å². The number of amides is 1. The molecule has 114 valence electrons. The average molecular weight is 314 g/mol. The van der Waals surface area contributed by atoms with Crippen LogP contribution in [0.15, 0.2) is 18.2 Å². The number of nitrogens with zero attached hydrogens (tertiary/aromatic N) is 3. The summed E-state index contributed by atoms with van der Waals surface area (Å²) in [6.45, 7) is 4.08. The van der Waals surface area contributed by atoms with Gasteiger partial charge in [-0.15, -0.1) is 0 Å². The molecule has 0 spiro atoms. The van der Waals surface area contributed by atoms with Crippen LogP contribution in [-0.4, -0.2) is 55.6 Å². The second-order valence-electron chi connectivity index (χ2n) is 4.65. The van der Waals surface area contributed by atoms with Crippen molar-refractivity contribution in [1.82, 2.24) is 4.90 Å². The van der Waals surface area contributed by atoms with Crippen molar-refractivity contribution in [2.24, 2.45) is 0 Å². The number of halogens is 1. The normalized spacial score (nSPS) is 15.7. The third-order valence-corrected chi connectivity index (χ3v) is 3.66. The molecule has 0 bridgehead atoms. The van der Waals surface area contributed by atoms with Gasteiger partial charge < -0.3 is 9.64 Å². The lowest BCUT2D eigenvalue weighted by Gasteiger charge is -2.28. The van der Waals surface area contributed by atoms with Crippen LogP contribution in [0, 0.1) is 10.1 Å². The highest BCUT2D eigenvalue weighted by molar-refractivity contribution is 6.33. The SMILES string of the molecule is O=CN(CCN1CCOCC1)c1cc([N+](=O)[O-])ccc1Cl. The number of rotatable bonds is 6. The van der Waals surface area contributed by atoms with E-state index in [2.05, 4.69) is 4.90 Å².